The fourth-order valence-electron chi connectivity index (χ4n) is 3.19. The van der Waals surface area contributed by atoms with Crippen molar-refractivity contribution in [1.29, 1.82) is 0 Å². The molecule has 0 radical (unpaired) electrons. The lowest BCUT2D eigenvalue weighted by Gasteiger charge is -2.11. The van der Waals surface area contributed by atoms with Gasteiger partial charge >= 0.3 is 0 Å². The number of nitrogens with zero attached hydrogens (tertiary/aromatic N) is 2. The van der Waals surface area contributed by atoms with Gasteiger partial charge in [-0.2, -0.15) is 0 Å². The third-order valence-corrected chi connectivity index (χ3v) is 4.73. The lowest BCUT2D eigenvalue weighted by molar-refractivity contribution is 0.0827. The molecule has 4 rings (SSSR count). The molecule has 0 unspecified atom stereocenters. The number of methoxy groups -OCH3 is 1. The predicted octanol–water partition coefficient (Wildman–Crippen LogP) is 4.68. The van der Waals surface area contributed by atoms with Crippen LogP contribution in [0.5, 0.6) is 5.75 Å². The van der Waals surface area contributed by atoms with E-state index in [-0.39, 0.29) is 5.91 Å². The van der Waals surface area contributed by atoms with Gasteiger partial charge in [0, 0.05) is 48.2 Å². The molecule has 0 saturated carbocycles. The molecule has 6 nitrogen and oxygen atoms in total. The first kappa shape index (κ1) is 18.6. The smallest absolute Gasteiger partial charge is 0.253 e. The van der Waals surface area contributed by atoms with Crippen molar-refractivity contribution in [3.8, 4) is 17.0 Å². The zero-order valence-electron chi connectivity index (χ0n) is 16.6. The van der Waals surface area contributed by atoms with Gasteiger partial charge in [0.15, 0.2) is 0 Å². The van der Waals surface area contributed by atoms with Crippen molar-refractivity contribution < 1.29 is 9.53 Å². The summed E-state index contributed by atoms with van der Waals surface area (Å²) < 4.78 is 5.33. The molecule has 6 heteroatoms. The van der Waals surface area contributed by atoms with E-state index in [2.05, 4.69) is 21.4 Å². The molecule has 0 bridgehead atoms. The Bertz CT molecular complexity index is 1160. The first-order chi connectivity index (χ1) is 14.0. The maximum absolute atomic E-state index is 12.1. The molecule has 0 aliphatic carbocycles. The highest BCUT2D eigenvalue weighted by atomic mass is 16.5. The van der Waals surface area contributed by atoms with Crippen molar-refractivity contribution in [2.75, 3.05) is 26.5 Å². The standard InChI is InChI=1S/C23H22N4O2/c1-27(2)23(28)15-7-9-17(10-8-15)25-22-19-14-21(26-20(19)11-12-24-22)16-5-4-6-18(13-16)29-3/h4-14,26H,1-3H3,(H,24,25). The molecule has 4 aromatic rings. The fourth-order valence-corrected chi connectivity index (χ4v) is 3.19. The molecule has 0 aliphatic rings. The van der Waals surface area contributed by atoms with Gasteiger partial charge < -0.3 is 19.9 Å². The molecule has 2 N–H and O–H groups in total. The second kappa shape index (κ2) is 7.67. The highest BCUT2D eigenvalue weighted by Gasteiger charge is 2.11. The molecule has 0 spiro atoms. The van der Waals surface area contributed by atoms with Gasteiger partial charge in [-0.1, -0.05) is 12.1 Å². The SMILES string of the molecule is COc1cccc(-c2cc3c(Nc4ccc(C(=O)N(C)C)cc4)nccc3[nH]2)c1. The maximum Gasteiger partial charge on any atom is 0.253 e. The molecule has 2 aromatic carbocycles. The third-order valence-electron chi connectivity index (χ3n) is 4.73. The number of H-pyrrole nitrogens is 1. The zero-order chi connectivity index (χ0) is 20.4. The van der Waals surface area contributed by atoms with Gasteiger partial charge in [0.1, 0.15) is 11.6 Å². The third kappa shape index (κ3) is 3.78. The van der Waals surface area contributed by atoms with Crippen LogP contribution in [0.15, 0.2) is 66.9 Å². The molecular weight excluding hydrogens is 364 g/mol. The van der Waals surface area contributed by atoms with Crippen LogP contribution < -0.4 is 10.1 Å². The number of carbonyl (C=O) groups excluding carboxylic acids is 1. The number of fused-ring (bicyclic) bond motifs is 1. The second-order valence-electron chi connectivity index (χ2n) is 6.94. The van der Waals surface area contributed by atoms with Crippen molar-refractivity contribution in [1.82, 2.24) is 14.9 Å². The van der Waals surface area contributed by atoms with Gasteiger partial charge in [-0.25, -0.2) is 4.98 Å². The monoisotopic (exact) mass is 386 g/mol. The number of ether oxygens (including phenoxy) is 1. The predicted molar refractivity (Wildman–Crippen MR) is 116 cm³/mol. The van der Waals surface area contributed by atoms with E-state index in [9.17, 15) is 4.79 Å². The Hall–Kier alpha value is -3.80. The van der Waals surface area contributed by atoms with Crippen LogP contribution in [-0.4, -0.2) is 42.0 Å². The molecule has 0 fully saturated rings. The molecule has 1 amide bonds. The maximum atomic E-state index is 12.1. The van der Waals surface area contributed by atoms with Crippen LogP contribution in [0, 0.1) is 0 Å². The number of anilines is 2. The van der Waals surface area contributed by atoms with Gasteiger partial charge in [-0.05, 0) is 48.5 Å². The average Bonchev–Trinajstić information content (AvgIpc) is 3.19. The van der Waals surface area contributed by atoms with Crippen molar-refractivity contribution in [2.24, 2.45) is 0 Å². The highest BCUT2D eigenvalue weighted by Crippen LogP contribution is 2.31. The molecular formula is C23H22N4O2. The summed E-state index contributed by atoms with van der Waals surface area (Å²) in [5, 5.41) is 4.33. The van der Waals surface area contributed by atoms with E-state index < -0.39 is 0 Å². The van der Waals surface area contributed by atoms with Crippen molar-refractivity contribution in [3.63, 3.8) is 0 Å². The summed E-state index contributed by atoms with van der Waals surface area (Å²) in [5.41, 5.74) is 4.53. The van der Waals surface area contributed by atoms with Crippen LogP contribution in [0.3, 0.4) is 0 Å². The lowest BCUT2D eigenvalue weighted by Crippen LogP contribution is -2.21. The number of benzene rings is 2. The highest BCUT2D eigenvalue weighted by molar-refractivity contribution is 5.96. The molecule has 0 atom stereocenters. The Labute approximate surface area is 169 Å². The van der Waals surface area contributed by atoms with Crippen LogP contribution in [0.1, 0.15) is 10.4 Å². The van der Waals surface area contributed by atoms with E-state index in [1.165, 1.54) is 0 Å². The number of hydrogen-bond donors (Lipinski definition) is 2. The first-order valence-electron chi connectivity index (χ1n) is 9.26. The Balaban J connectivity index is 1.64. The van der Waals surface area contributed by atoms with Crippen LogP contribution in [0.25, 0.3) is 22.2 Å². The minimum absolute atomic E-state index is 0.0228. The zero-order valence-corrected chi connectivity index (χ0v) is 16.6. The van der Waals surface area contributed by atoms with Crippen molar-refractivity contribution >= 4 is 28.3 Å². The number of hydrogen-bond acceptors (Lipinski definition) is 4. The molecule has 146 valence electrons. The first-order valence-corrected chi connectivity index (χ1v) is 9.26. The largest absolute Gasteiger partial charge is 0.497 e. The van der Waals surface area contributed by atoms with Crippen LogP contribution >= 0.6 is 0 Å². The number of aromatic amines is 1. The minimum atomic E-state index is -0.0228. The Morgan fingerprint density at radius 2 is 1.86 bits per heavy atom. The average molecular weight is 386 g/mol. The Morgan fingerprint density at radius 1 is 1.07 bits per heavy atom. The lowest BCUT2D eigenvalue weighted by atomic mass is 10.1. The summed E-state index contributed by atoms with van der Waals surface area (Å²) in [6.07, 6.45) is 1.76. The Kier molecular flexibility index (Phi) is 4.91. The van der Waals surface area contributed by atoms with E-state index in [1.54, 1.807) is 32.3 Å². The van der Waals surface area contributed by atoms with E-state index in [0.29, 0.717) is 5.56 Å². The Morgan fingerprint density at radius 3 is 2.59 bits per heavy atom. The number of rotatable bonds is 5. The van der Waals surface area contributed by atoms with Gasteiger partial charge in [-0.3, -0.25) is 4.79 Å². The van der Waals surface area contributed by atoms with Crippen LogP contribution in [0.4, 0.5) is 11.5 Å². The number of nitrogens with one attached hydrogen (secondary N) is 2. The summed E-state index contributed by atoms with van der Waals surface area (Å²) in [6.45, 7) is 0. The van der Waals surface area contributed by atoms with Gasteiger partial charge in [0.25, 0.3) is 5.91 Å². The molecule has 2 aromatic heterocycles. The van der Waals surface area contributed by atoms with Gasteiger partial charge in [0.05, 0.1) is 12.6 Å². The summed E-state index contributed by atoms with van der Waals surface area (Å²) in [5.74, 6) is 1.54. The van der Waals surface area contributed by atoms with Crippen molar-refractivity contribution in [2.45, 2.75) is 0 Å². The van der Waals surface area contributed by atoms with Crippen molar-refractivity contribution in [3.05, 3.63) is 72.4 Å². The van der Waals surface area contributed by atoms with Crippen LogP contribution in [-0.2, 0) is 0 Å². The number of aromatic nitrogens is 2. The topological polar surface area (TPSA) is 70.2 Å². The number of amides is 1. The van der Waals surface area contributed by atoms with E-state index in [4.69, 9.17) is 4.74 Å². The summed E-state index contributed by atoms with van der Waals surface area (Å²) in [6, 6.07) is 19.3. The van der Waals surface area contributed by atoms with E-state index in [0.717, 1.165) is 39.4 Å². The number of pyridine rings is 1. The quantitative estimate of drug-likeness (QED) is 0.522. The van der Waals surface area contributed by atoms with E-state index >= 15 is 0 Å². The van der Waals surface area contributed by atoms with E-state index in [1.807, 2.05) is 54.6 Å². The summed E-state index contributed by atoms with van der Waals surface area (Å²) in [7, 11) is 5.14. The molecule has 0 saturated heterocycles. The number of carbonyl (C=O) groups is 1. The van der Waals surface area contributed by atoms with Gasteiger partial charge in [0.2, 0.25) is 0 Å². The summed E-state index contributed by atoms with van der Waals surface area (Å²) >= 11 is 0. The second-order valence-corrected chi connectivity index (χ2v) is 6.94. The molecule has 0 aliphatic heterocycles. The fraction of sp³-hybridized carbons (Fsp3) is 0.130. The summed E-state index contributed by atoms with van der Waals surface area (Å²) in [4.78, 5) is 21.6. The minimum Gasteiger partial charge on any atom is -0.497 e. The molecule has 2 heterocycles. The molecule has 29 heavy (non-hydrogen) atoms. The normalized spacial score (nSPS) is 10.7. The van der Waals surface area contributed by atoms with Crippen LogP contribution in [0.2, 0.25) is 0 Å². The van der Waals surface area contributed by atoms with Gasteiger partial charge in [-0.15, -0.1) is 0 Å².